The molecule has 0 spiro atoms. The molecule has 0 rings (SSSR count). The van der Waals surface area contributed by atoms with Crippen LogP contribution in [0.1, 0.15) is 45.4 Å². The first-order chi connectivity index (χ1) is 6.31. The monoisotopic (exact) mass is 185 g/mol. The zero-order valence-electron chi connectivity index (χ0n) is 8.71. The van der Waals surface area contributed by atoms with Gasteiger partial charge in [-0.2, -0.15) is 0 Å². The molecular formula is C11H23NO. The SMILES string of the molecule is CCCCCCC/C=C/C(N)CO. The summed E-state index contributed by atoms with van der Waals surface area (Å²) in [6, 6.07) is -0.171. The summed E-state index contributed by atoms with van der Waals surface area (Å²) in [6.07, 6.45) is 11.6. The summed E-state index contributed by atoms with van der Waals surface area (Å²) < 4.78 is 0. The van der Waals surface area contributed by atoms with Crippen molar-refractivity contribution in [2.75, 3.05) is 6.61 Å². The largest absolute Gasteiger partial charge is 0.394 e. The average Bonchev–Trinajstić information content (AvgIpc) is 2.16. The van der Waals surface area contributed by atoms with Gasteiger partial charge in [-0.3, -0.25) is 0 Å². The first-order valence-electron chi connectivity index (χ1n) is 5.34. The van der Waals surface area contributed by atoms with Crippen molar-refractivity contribution >= 4 is 0 Å². The van der Waals surface area contributed by atoms with Crippen molar-refractivity contribution in [3.63, 3.8) is 0 Å². The van der Waals surface area contributed by atoms with Crippen LogP contribution in [0, 0.1) is 0 Å². The third-order valence-corrected chi connectivity index (χ3v) is 2.07. The number of nitrogens with two attached hydrogens (primary N) is 1. The molecule has 13 heavy (non-hydrogen) atoms. The van der Waals surface area contributed by atoms with Gasteiger partial charge in [-0.25, -0.2) is 0 Å². The summed E-state index contributed by atoms with van der Waals surface area (Å²) >= 11 is 0. The van der Waals surface area contributed by atoms with Crippen LogP contribution in [-0.4, -0.2) is 17.8 Å². The molecule has 0 aromatic rings. The Morgan fingerprint density at radius 1 is 1.23 bits per heavy atom. The molecule has 0 aromatic carbocycles. The van der Waals surface area contributed by atoms with E-state index in [1.54, 1.807) is 0 Å². The predicted molar refractivity (Wildman–Crippen MR) is 57.6 cm³/mol. The van der Waals surface area contributed by atoms with Crippen molar-refractivity contribution < 1.29 is 5.11 Å². The van der Waals surface area contributed by atoms with Crippen LogP contribution in [0.3, 0.4) is 0 Å². The Labute approximate surface area is 81.8 Å². The van der Waals surface area contributed by atoms with Gasteiger partial charge in [-0.1, -0.05) is 44.8 Å². The molecule has 0 aromatic heterocycles. The molecule has 0 fully saturated rings. The third-order valence-electron chi connectivity index (χ3n) is 2.07. The molecule has 1 atom stereocenters. The Bertz CT molecular complexity index is 123. The lowest BCUT2D eigenvalue weighted by atomic mass is 10.1. The van der Waals surface area contributed by atoms with Crippen LogP contribution < -0.4 is 5.73 Å². The van der Waals surface area contributed by atoms with Crippen molar-refractivity contribution in [1.29, 1.82) is 0 Å². The lowest BCUT2D eigenvalue weighted by molar-refractivity contribution is 0.284. The Balaban J connectivity index is 3.10. The number of allylic oxidation sites excluding steroid dienone is 1. The van der Waals surface area contributed by atoms with Gasteiger partial charge in [0.15, 0.2) is 0 Å². The van der Waals surface area contributed by atoms with Crippen molar-refractivity contribution in [2.45, 2.75) is 51.5 Å². The average molecular weight is 185 g/mol. The summed E-state index contributed by atoms with van der Waals surface area (Å²) in [5.41, 5.74) is 5.50. The van der Waals surface area contributed by atoms with Gasteiger partial charge in [0, 0.05) is 6.04 Å². The second kappa shape index (κ2) is 9.75. The van der Waals surface area contributed by atoms with Crippen LogP contribution in [0.2, 0.25) is 0 Å². The Morgan fingerprint density at radius 2 is 1.92 bits per heavy atom. The Kier molecular flexibility index (Phi) is 9.49. The van der Waals surface area contributed by atoms with E-state index in [0.29, 0.717) is 0 Å². The van der Waals surface area contributed by atoms with Crippen molar-refractivity contribution in [3.05, 3.63) is 12.2 Å². The molecule has 0 bridgehead atoms. The molecule has 3 N–H and O–H groups in total. The van der Waals surface area contributed by atoms with E-state index in [2.05, 4.69) is 13.0 Å². The molecule has 0 heterocycles. The molecule has 0 aliphatic rings. The van der Waals surface area contributed by atoms with Crippen LogP contribution in [0.25, 0.3) is 0 Å². The summed E-state index contributed by atoms with van der Waals surface area (Å²) in [7, 11) is 0. The van der Waals surface area contributed by atoms with E-state index in [1.165, 1.54) is 32.1 Å². The zero-order valence-corrected chi connectivity index (χ0v) is 8.71. The van der Waals surface area contributed by atoms with Crippen LogP contribution in [-0.2, 0) is 0 Å². The number of hydrogen-bond acceptors (Lipinski definition) is 2. The standard InChI is InChI=1S/C11H23NO/c1-2-3-4-5-6-7-8-9-11(12)10-13/h8-9,11,13H,2-7,10,12H2,1H3/b9-8+. The van der Waals surface area contributed by atoms with Crippen LogP contribution in [0.5, 0.6) is 0 Å². The van der Waals surface area contributed by atoms with Crippen molar-refractivity contribution in [1.82, 2.24) is 0 Å². The highest BCUT2D eigenvalue weighted by atomic mass is 16.3. The fraction of sp³-hybridized carbons (Fsp3) is 0.818. The maximum Gasteiger partial charge on any atom is 0.0618 e. The maximum absolute atomic E-state index is 8.63. The molecule has 2 heteroatoms. The van der Waals surface area contributed by atoms with Gasteiger partial charge in [0.2, 0.25) is 0 Å². The molecular weight excluding hydrogens is 162 g/mol. The van der Waals surface area contributed by atoms with E-state index in [0.717, 1.165) is 6.42 Å². The molecule has 78 valence electrons. The molecule has 0 radical (unpaired) electrons. The van der Waals surface area contributed by atoms with Gasteiger partial charge in [0.05, 0.1) is 6.61 Å². The topological polar surface area (TPSA) is 46.2 Å². The van der Waals surface area contributed by atoms with E-state index < -0.39 is 0 Å². The van der Waals surface area contributed by atoms with E-state index in [4.69, 9.17) is 10.8 Å². The minimum atomic E-state index is -0.171. The van der Waals surface area contributed by atoms with E-state index >= 15 is 0 Å². The lowest BCUT2D eigenvalue weighted by Crippen LogP contribution is -2.20. The van der Waals surface area contributed by atoms with Gasteiger partial charge < -0.3 is 10.8 Å². The smallest absolute Gasteiger partial charge is 0.0618 e. The van der Waals surface area contributed by atoms with Crippen molar-refractivity contribution in [3.8, 4) is 0 Å². The van der Waals surface area contributed by atoms with Gasteiger partial charge in [0.25, 0.3) is 0 Å². The first kappa shape index (κ1) is 12.7. The highest BCUT2D eigenvalue weighted by molar-refractivity contribution is 4.90. The molecule has 0 amide bonds. The van der Waals surface area contributed by atoms with E-state index in [9.17, 15) is 0 Å². The molecule has 0 aliphatic heterocycles. The fourth-order valence-electron chi connectivity index (χ4n) is 1.20. The highest BCUT2D eigenvalue weighted by Gasteiger charge is 1.91. The third kappa shape index (κ3) is 9.57. The Hall–Kier alpha value is -0.340. The quantitative estimate of drug-likeness (QED) is 0.450. The summed E-state index contributed by atoms with van der Waals surface area (Å²) in [5.74, 6) is 0. The maximum atomic E-state index is 8.63. The zero-order chi connectivity index (χ0) is 9.94. The van der Waals surface area contributed by atoms with Gasteiger partial charge in [-0.15, -0.1) is 0 Å². The second-order valence-corrected chi connectivity index (χ2v) is 3.48. The van der Waals surface area contributed by atoms with Crippen LogP contribution in [0.4, 0.5) is 0 Å². The first-order valence-corrected chi connectivity index (χ1v) is 5.34. The van der Waals surface area contributed by atoms with Gasteiger partial charge in [-0.05, 0) is 12.8 Å². The lowest BCUT2D eigenvalue weighted by Gasteiger charge is -1.99. The van der Waals surface area contributed by atoms with E-state index in [1.807, 2.05) is 6.08 Å². The minimum Gasteiger partial charge on any atom is -0.394 e. The van der Waals surface area contributed by atoms with Gasteiger partial charge >= 0.3 is 0 Å². The van der Waals surface area contributed by atoms with Gasteiger partial charge in [0.1, 0.15) is 0 Å². The normalized spacial score (nSPS) is 13.8. The summed E-state index contributed by atoms with van der Waals surface area (Å²) in [6.45, 7) is 2.27. The summed E-state index contributed by atoms with van der Waals surface area (Å²) in [4.78, 5) is 0. The highest BCUT2D eigenvalue weighted by Crippen LogP contribution is 2.05. The number of aliphatic hydroxyl groups excluding tert-OH is 1. The molecule has 1 unspecified atom stereocenters. The number of rotatable bonds is 8. The number of unbranched alkanes of at least 4 members (excludes halogenated alkanes) is 5. The number of hydrogen-bond donors (Lipinski definition) is 2. The second-order valence-electron chi connectivity index (χ2n) is 3.48. The van der Waals surface area contributed by atoms with Crippen LogP contribution in [0.15, 0.2) is 12.2 Å². The summed E-state index contributed by atoms with van der Waals surface area (Å²) in [5, 5.41) is 8.63. The predicted octanol–water partition coefficient (Wildman–Crippen LogP) is 2.22. The molecule has 0 aliphatic carbocycles. The molecule has 0 saturated carbocycles. The minimum absolute atomic E-state index is 0.0480. The fourth-order valence-corrected chi connectivity index (χ4v) is 1.20. The van der Waals surface area contributed by atoms with Crippen LogP contribution >= 0.6 is 0 Å². The molecule has 2 nitrogen and oxygen atoms in total. The van der Waals surface area contributed by atoms with Crippen molar-refractivity contribution in [2.24, 2.45) is 5.73 Å². The Morgan fingerprint density at radius 3 is 2.54 bits per heavy atom. The number of aliphatic hydroxyl groups is 1. The molecule has 0 saturated heterocycles. The van der Waals surface area contributed by atoms with E-state index in [-0.39, 0.29) is 12.6 Å².